The molecule has 0 aliphatic rings. The third-order valence-corrected chi connectivity index (χ3v) is 4.40. The van der Waals surface area contributed by atoms with Crippen molar-refractivity contribution in [3.63, 3.8) is 0 Å². The van der Waals surface area contributed by atoms with E-state index in [1.54, 1.807) is 0 Å². The summed E-state index contributed by atoms with van der Waals surface area (Å²) in [7, 11) is -3.54. The quantitative estimate of drug-likeness (QED) is 0.827. The fourth-order valence-electron chi connectivity index (χ4n) is 2.44. The van der Waals surface area contributed by atoms with Gasteiger partial charge in [0.05, 0.1) is 12.3 Å². The zero-order valence-corrected chi connectivity index (χ0v) is 15.2. The average molecular weight is 364 g/mol. The van der Waals surface area contributed by atoms with Crippen molar-refractivity contribution in [2.45, 2.75) is 26.3 Å². The van der Waals surface area contributed by atoms with Crippen molar-refractivity contribution in [1.29, 1.82) is 0 Å². The molecule has 5 nitrogen and oxygen atoms in total. The Morgan fingerprint density at radius 3 is 2.36 bits per heavy atom. The Morgan fingerprint density at radius 1 is 1.12 bits per heavy atom. The van der Waals surface area contributed by atoms with E-state index in [1.165, 1.54) is 24.3 Å². The van der Waals surface area contributed by atoms with Crippen LogP contribution in [0.2, 0.25) is 0 Å². The van der Waals surface area contributed by atoms with E-state index in [0.29, 0.717) is 11.3 Å². The first kappa shape index (κ1) is 19.1. The van der Waals surface area contributed by atoms with Crippen molar-refractivity contribution in [2.75, 3.05) is 11.6 Å². The second kappa shape index (κ2) is 7.76. The average Bonchev–Trinajstić information content (AvgIpc) is 2.49. The highest BCUT2D eigenvalue weighted by molar-refractivity contribution is 7.88. The summed E-state index contributed by atoms with van der Waals surface area (Å²) in [6, 6.07) is 10.3. The number of hydrogen-bond donors (Lipinski definition) is 2. The molecule has 0 radical (unpaired) electrons. The number of benzene rings is 2. The van der Waals surface area contributed by atoms with Crippen molar-refractivity contribution in [3.8, 4) is 0 Å². The monoisotopic (exact) mass is 364 g/mol. The molecule has 0 aliphatic carbocycles. The number of amides is 1. The fraction of sp³-hybridized carbons (Fsp3) is 0.278. The SMILES string of the molecule is Cc1ccc(C)c(NC(=O)C[C@@H](NS(C)(=O)=O)c2ccc(F)cc2)c1. The first-order chi connectivity index (χ1) is 11.6. The van der Waals surface area contributed by atoms with E-state index in [4.69, 9.17) is 0 Å². The largest absolute Gasteiger partial charge is 0.326 e. The maximum absolute atomic E-state index is 13.1. The van der Waals surface area contributed by atoms with Crippen LogP contribution in [0.4, 0.5) is 10.1 Å². The molecule has 0 bridgehead atoms. The summed E-state index contributed by atoms with van der Waals surface area (Å²) < 4.78 is 38.7. The molecule has 7 heteroatoms. The molecule has 1 amide bonds. The third-order valence-electron chi connectivity index (χ3n) is 3.69. The van der Waals surface area contributed by atoms with E-state index < -0.39 is 21.9 Å². The molecule has 0 heterocycles. The Bertz CT molecular complexity index is 864. The van der Waals surface area contributed by atoms with Crippen LogP contribution in [0.15, 0.2) is 42.5 Å². The number of hydrogen-bond acceptors (Lipinski definition) is 3. The number of sulfonamides is 1. The zero-order valence-electron chi connectivity index (χ0n) is 14.3. The Morgan fingerprint density at radius 2 is 1.76 bits per heavy atom. The topological polar surface area (TPSA) is 75.3 Å². The summed E-state index contributed by atoms with van der Waals surface area (Å²) in [4.78, 5) is 12.4. The lowest BCUT2D eigenvalue weighted by Gasteiger charge is -2.18. The minimum absolute atomic E-state index is 0.105. The number of anilines is 1. The van der Waals surface area contributed by atoms with E-state index in [2.05, 4.69) is 10.0 Å². The minimum atomic E-state index is -3.54. The second-order valence-electron chi connectivity index (χ2n) is 6.06. The van der Waals surface area contributed by atoms with Gasteiger partial charge in [-0.2, -0.15) is 0 Å². The Hall–Kier alpha value is -2.25. The van der Waals surface area contributed by atoms with Crippen LogP contribution in [0.5, 0.6) is 0 Å². The van der Waals surface area contributed by atoms with Gasteiger partial charge in [-0.1, -0.05) is 24.3 Å². The smallest absolute Gasteiger partial charge is 0.226 e. The van der Waals surface area contributed by atoms with E-state index >= 15 is 0 Å². The third kappa shape index (κ3) is 5.95. The fourth-order valence-corrected chi connectivity index (χ4v) is 3.17. The first-order valence-electron chi connectivity index (χ1n) is 7.74. The molecule has 0 spiro atoms. The normalized spacial score (nSPS) is 12.6. The molecule has 2 aromatic carbocycles. The van der Waals surface area contributed by atoms with Gasteiger partial charge < -0.3 is 5.32 Å². The summed E-state index contributed by atoms with van der Waals surface area (Å²) in [5.74, 6) is -0.763. The first-order valence-corrected chi connectivity index (χ1v) is 9.63. The Balaban J connectivity index is 2.19. The molecule has 0 fully saturated rings. The second-order valence-corrected chi connectivity index (χ2v) is 7.84. The van der Waals surface area contributed by atoms with Crippen LogP contribution in [-0.2, 0) is 14.8 Å². The highest BCUT2D eigenvalue weighted by atomic mass is 32.2. The van der Waals surface area contributed by atoms with Crippen molar-refractivity contribution < 1.29 is 17.6 Å². The molecule has 2 aromatic rings. The molecular weight excluding hydrogens is 343 g/mol. The lowest BCUT2D eigenvalue weighted by molar-refractivity contribution is -0.116. The predicted octanol–water partition coefficient (Wildman–Crippen LogP) is 3.06. The van der Waals surface area contributed by atoms with Crippen molar-refractivity contribution in [1.82, 2.24) is 4.72 Å². The predicted molar refractivity (Wildman–Crippen MR) is 96.3 cm³/mol. The Kier molecular flexibility index (Phi) is 5.92. The summed E-state index contributed by atoms with van der Waals surface area (Å²) in [5.41, 5.74) is 3.11. The van der Waals surface area contributed by atoms with Crippen LogP contribution in [-0.4, -0.2) is 20.6 Å². The van der Waals surface area contributed by atoms with Crippen molar-refractivity contribution >= 4 is 21.6 Å². The molecule has 2 N–H and O–H groups in total. The number of carbonyl (C=O) groups is 1. The standard InChI is InChI=1S/C18H21FN2O3S/c1-12-4-5-13(2)16(10-12)20-18(22)11-17(21-25(3,23)24)14-6-8-15(19)9-7-14/h4-10,17,21H,11H2,1-3H3,(H,20,22)/t17-/m1/s1. The minimum Gasteiger partial charge on any atom is -0.326 e. The van der Waals surface area contributed by atoms with Crippen LogP contribution in [0.3, 0.4) is 0 Å². The van der Waals surface area contributed by atoms with Crippen molar-refractivity contribution in [3.05, 3.63) is 65.0 Å². The van der Waals surface area contributed by atoms with E-state index in [-0.39, 0.29) is 12.3 Å². The number of halogens is 1. The van der Waals surface area contributed by atoms with Gasteiger partial charge in [-0.05, 0) is 48.7 Å². The van der Waals surface area contributed by atoms with Gasteiger partial charge in [0, 0.05) is 12.1 Å². The van der Waals surface area contributed by atoms with Gasteiger partial charge in [-0.15, -0.1) is 0 Å². The van der Waals surface area contributed by atoms with Gasteiger partial charge in [0.15, 0.2) is 0 Å². The van der Waals surface area contributed by atoms with Gasteiger partial charge in [0.1, 0.15) is 5.82 Å². The van der Waals surface area contributed by atoms with Gasteiger partial charge in [-0.25, -0.2) is 17.5 Å². The maximum atomic E-state index is 13.1. The van der Waals surface area contributed by atoms with Crippen molar-refractivity contribution in [2.24, 2.45) is 0 Å². The molecule has 2 rings (SSSR count). The van der Waals surface area contributed by atoms with Gasteiger partial charge >= 0.3 is 0 Å². The van der Waals surface area contributed by atoms with Crippen LogP contribution in [0.25, 0.3) is 0 Å². The molecule has 1 atom stereocenters. The summed E-state index contributed by atoms with van der Waals surface area (Å²) in [6.07, 6.45) is 0.915. The molecule has 0 saturated heterocycles. The lowest BCUT2D eigenvalue weighted by atomic mass is 10.0. The Labute approximate surface area is 147 Å². The summed E-state index contributed by atoms with van der Waals surface area (Å²) in [5, 5.41) is 2.80. The molecule has 0 saturated carbocycles. The molecular formula is C18H21FN2O3S. The molecule has 0 aromatic heterocycles. The highest BCUT2D eigenvalue weighted by Crippen LogP contribution is 2.21. The zero-order chi connectivity index (χ0) is 18.6. The van der Waals surface area contributed by atoms with E-state index in [0.717, 1.165) is 17.4 Å². The van der Waals surface area contributed by atoms with Gasteiger partial charge in [-0.3, -0.25) is 4.79 Å². The van der Waals surface area contributed by atoms with Crippen LogP contribution in [0, 0.1) is 19.7 Å². The summed E-state index contributed by atoms with van der Waals surface area (Å²) in [6.45, 7) is 3.79. The number of nitrogens with one attached hydrogen (secondary N) is 2. The molecule has 0 aliphatic heterocycles. The number of carbonyl (C=O) groups excluding carboxylic acids is 1. The van der Waals surface area contributed by atoms with Crippen LogP contribution >= 0.6 is 0 Å². The van der Waals surface area contributed by atoms with Crippen LogP contribution in [0.1, 0.15) is 29.2 Å². The van der Waals surface area contributed by atoms with Gasteiger partial charge in [0.25, 0.3) is 0 Å². The number of rotatable bonds is 6. The van der Waals surface area contributed by atoms with E-state index in [9.17, 15) is 17.6 Å². The van der Waals surface area contributed by atoms with Crippen LogP contribution < -0.4 is 10.0 Å². The molecule has 0 unspecified atom stereocenters. The van der Waals surface area contributed by atoms with Gasteiger partial charge in [0.2, 0.25) is 15.9 Å². The highest BCUT2D eigenvalue weighted by Gasteiger charge is 2.20. The van der Waals surface area contributed by atoms with E-state index in [1.807, 2.05) is 32.0 Å². The number of aryl methyl sites for hydroxylation is 2. The lowest BCUT2D eigenvalue weighted by Crippen LogP contribution is -2.30. The molecule has 134 valence electrons. The maximum Gasteiger partial charge on any atom is 0.226 e. The molecule has 25 heavy (non-hydrogen) atoms. The summed E-state index contributed by atoms with van der Waals surface area (Å²) >= 11 is 0.